The molecule has 11 heteroatoms. The summed E-state index contributed by atoms with van der Waals surface area (Å²) in [4.78, 5) is 16.0. The van der Waals surface area contributed by atoms with E-state index in [1.54, 1.807) is 0 Å². The van der Waals surface area contributed by atoms with E-state index in [4.69, 9.17) is 0 Å². The maximum Gasteiger partial charge on any atom is 0.422 e. The van der Waals surface area contributed by atoms with Gasteiger partial charge in [-0.2, -0.15) is 13.2 Å². The Kier molecular flexibility index (Phi) is 6.08. The lowest BCUT2D eigenvalue weighted by Crippen LogP contribution is -2.26. The lowest BCUT2D eigenvalue weighted by molar-refractivity contribution is -0.154. The topological polar surface area (TPSA) is 97.4 Å². The molecule has 1 heterocycles. The van der Waals surface area contributed by atoms with E-state index >= 15 is 0 Å². The van der Waals surface area contributed by atoms with Crippen LogP contribution in [0.2, 0.25) is 0 Å². The molecule has 29 heavy (non-hydrogen) atoms. The van der Waals surface area contributed by atoms with Crippen LogP contribution in [0.1, 0.15) is 28.8 Å². The average molecular weight is 429 g/mol. The molecule has 1 aromatic carbocycles. The van der Waals surface area contributed by atoms with Crippen LogP contribution in [0, 0.1) is 0 Å². The molecule has 156 valence electrons. The van der Waals surface area contributed by atoms with Gasteiger partial charge >= 0.3 is 6.18 Å². The molecule has 3 rings (SSSR count). The van der Waals surface area contributed by atoms with Gasteiger partial charge in [-0.15, -0.1) is 0 Å². The van der Waals surface area contributed by atoms with E-state index in [0.717, 1.165) is 12.8 Å². The van der Waals surface area contributed by atoms with Gasteiger partial charge in [-0.25, -0.2) is 18.1 Å². The maximum atomic E-state index is 12.2. The Balaban J connectivity index is 1.56. The quantitative estimate of drug-likeness (QED) is 0.672. The van der Waals surface area contributed by atoms with Crippen LogP contribution in [0.4, 0.5) is 13.2 Å². The fraction of sp³-hybridized carbons (Fsp3) is 0.333. The zero-order chi connectivity index (χ0) is 21.1. The van der Waals surface area contributed by atoms with Crippen molar-refractivity contribution in [2.24, 2.45) is 0 Å². The number of rotatable bonds is 8. The van der Waals surface area contributed by atoms with Gasteiger partial charge in [0.25, 0.3) is 5.91 Å². The Morgan fingerprint density at radius 2 is 1.86 bits per heavy atom. The SMILES string of the molecule is O=C(NCc1ccnc(OCC(F)(F)F)c1)c1ccc(S(=O)(=O)NC2CC2)cc1. The fourth-order valence-electron chi connectivity index (χ4n) is 2.35. The van der Waals surface area contributed by atoms with Crippen molar-refractivity contribution in [3.63, 3.8) is 0 Å². The molecular formula is C18H18F3N3O4S. The van der Waals surface area contributed by atoms with Gasteiger partial charge in [0, 0.05) is 30.4 Å². The molecule has 1 aliphatic rings. The van der Waals surface area contributed by atoms with Gasteiger partial charge < -0.3 is 10.1 Å². The van der Waals surface area contributed by atoms with Crippen LogP contribution in [0.3, 0.4) is 0 Å². The summed E-state index contributed by atoms with van der Waals surface area (Å²) in [6, 6.07) is 8.27. The van der Waals surface area contributed by atoms with Crippen LogP contribution < -0.4 is 14.8 Å². The summed E-state index contributed by atoms with van der Waals surface area (Å²) in [5, 5.41) is 2.61. The van der Waals surface area contributed by atoms with Crippen molar-refractivity contribution in [3.05, 3.63) is 53.7 Å². The molecule has 0 radical (unpaired) electrons. The number of amides is 1. The number of nitrogens with zero attached hydrogens (tertiary/aromatic N) is 1. The number of halogens is 3. The Bertz CT molecular complexity index is 975. The first kappa shape index (κ1) is 21.1. The minimum atomic E-state index is -4.47. The van der Waals surface area contributed by atoms with Crippen LogP contribution in [-0.2, 0) is 16.6 Å². The van der Waals surface area contributed by atoms with Gasteiger partial charge in [-0.1, -0.05) is 0 Å². The summed E-state index contributed by atoms with van der Waals surface area (Å²) in [5.41, 5.74) is 0.747. The Labute approximate surface area is 165 Å². The second-order valence-corrected chi connectivity index (χ2v) is 8.22. The summed E-state index contributed by atoms with van der Waals surface area (Å²) in [6.07, 6.45) is -1.56. The van der Waals surface area contributed by atoms with Crippen LogP contribution in [0.5, 0.6) is 5.88 Å². The summed E-state index contributed by atoms with van der Waals surface area (Å²) in [6.45, 7) is -1.42. The number of ether oxygens (including phenoxy) is 1. The third-order valence-electron chi connectivity index (χ3n) is 3.96. The van der Waals surface area contributed by atoms with E-state index in [9.17, 15) is 26.4 Å². The average Bonchev–Trinajstić information content (AvgIpc) is 3.48. The Morgan fingerprint density at radius 3 is 2.48 bits per heavy atom. The number of nitrogens with one attached hydrogen (secondary N) is 2. The summed E-state index contributed by atoms with van der Waals surface area (Å²) < 4.78 is 68.0. The third kappa shape index (κ3) is 6.43. The van der Waals surface area contributed by atoms with Crippen LogP contribution in [0.25, 0.3) is 0 Å². The number of carbonyl (C=O) groups is 1. The van der Waals surface area contributed by atoms with Crippen molar-refractivity contribution in [2.75, 3.05) is 6.61 Å². The summed E-state index contributed by atoms with van der Waals surface area (Å²) in [7, 11) is -3.60. The smallest absolute Gasteiger partial charge is 0.422 e. The molecule has 0 aliphatic heterocycles. The largest absolute Gasteiger partial charge is 0.468 e. The highest BCUT2D eigenvalue weighted by Gasteiger charge is 2.29. The van der Waals surface area contributed by atoms with Gasteiger partial charge in [0.1, 0.15) is 0 Å². The molecule has 0 atom stereocenters. The summed E-state index contributed by atoms with van der Waals surface area (Å²) in [5.74, 6) is -0.662. The number of pyridine rings is 1. The molecule has 1 amide bonds. The van der Waals surface area contributed by atoms with Crippen LogP contribution in [-0.4, -0.2) is 38.1 Å². The lowest BCUT2D eigenvalue weighted by atomic mass is 10.2. The number of aromatic nitrogens is 1. The van der Waals surface area contributed by atoms with Crippen molar-refractivity contribution in [1.82, 2.24) is 15.0 Å². The normalized spacial score (nSPS) is 14.4. The molecule has 7 nitrogen and oxygen atoms in total. The zero-order valence-corrected chi connectivity index (χ0v) is 15.9. The van der Waals surface area contributed by atoms with Crippen molar-refractivity contribution in [1.29, 1.82) is 0 Å². The molecule has 2 N–H and O–H groups in total. The van der Waals surface area contributed by atoms with E-state index in [2.05, 4.69) is 19.8 Å². The molecule has 1 aliphatic carbocycles. The Hall–Kier alpha value is -2.66. The lowest BCUT2D eigenvalue weighted by Gasteiger charge is -2.10. The number of benzene rings is 1. The van der Waals surface area contributed by atoms with E-state index in [1.807, 2.05) is 0 Å². The number of hydrogen-bond acceptors (Lipinski definition) is 5. The molecule has 0 spiro atoms. The van der Waals surface area contributed by atoms with Crippen LogP contribution >= 0.6 is 0 Å². The van der Waals surface area contributed by atoms with E-state index < -0.39 is 28.7 Å². The Morgan fingerprint density at radius 1 is 1.17 bits per heavy atom. The van der Waals surface area contributed by atoms with Crippen molar-refractivity contribution < 1.29 is 31.1 Å². The second kappa shape index (κ2) is 8.37. The van der Waals surface area contributed by atoms with Crippen LogP contribution in [0.15, 0.2) is 47.5 Å². The third-order valence-corrected chi connectivity index (χ3v) is 5.50. The minimum Gasteiger partial charge on any atom is -0.468 e. The minimum absolute atomic E-state index is 0.0201. The highest BCUT2D eigenvalue weighted by Crippen LogP contribution is 2.22. The van der Waals surface area contributed by atoms with Gasteiger partial charge in [-0.3, -0.25) is 4.79 Å². The number of hydrogen-bond donors (Lipinski definition) is 2. The highest BCUT2D eigenvalue weighted by molar-refractivity contribution is 7.89. The van der Waals surface area contributed by atoms with E-state index in [-0.39, 0.29) is 28.9 Å². The van der Waals surface area contributed by atoms with Crippen molar-refractivity contribution >= 4 is 15.9 Å². The number of sulfonamides is 1. The molecule has 1 saturated carbocycles. The standard InChI is InChI=1S/C18H18F3N3O4S/c19-18(20,21)11-28-16-9-12(7-8-22-16)10-23-17(25)13-1-5-15(6-2-13)29(26,27)24-14-3-4-14/h1-2,5-9,14,24H,3-4,10-11H2,(H,23,25). The van der Waals surface area contributed by atoms with Gasteiger partial charge in [-0.05, 0) is 48.7 Å². The van der Waals surface area contributed by atoms with Crippen molar-refractivity contribution in [3.8, 4) is 5.88 Å². The monoisotopic (exact) mass is 429 g/mol. The zero-order valence-electron chi connectivity index (χ0n) is 15.1. The molecular weight excluding hydrogens is 411 g/mol. The van der Waals surface area contributed by atoms with Gasteiger partial charge in [0.15, 0.2) is 6.61 Å². The highest BCUT2D eigenvalue weighted by atomic mass is 32.2. The maximum absolute atomic E-state index is 12.2. The molecule has 0 bridgehead atoms. The summed E-state index contributed by atoms with van der Waals surface area (Å²) >= 11 is 0. The first-order valence-electron chi connectivity index (χ1n) is 8.67. The fourth-order valence-corrected chi connectivity index (χ4v) is 3.66. The number of alkyl halides is 3. The predicted molar refractivity (Wildman–Crippen MR) is 96.7 cm³/mol. The predicted octanol–water partition coefficient (Wildman–Crippen LogP) is 2.39. The van der Waals surface area contributed by atoms with E-state index in [0.29, 0.717) is 5.56 Å². The molecule has 1 fully saturated rings. The first-order chi connectivity index (χ1) is 13.6. The molecule has 1 aromatic heterocycles. The van der Waals surface area contributed by atoms with Crippen molar-refractivity contribution in [2.45, 2.75) is 36.5 Å². The second-order valence-electron chi connectivity index (χ2n) is 6.51. The molecule has 0 unspecified atom stereocenters. The molecule has 0 saturated heterocycles. The van der Waals surface area contributed by atoms with E-state index in [1.165, 1.54) is 42.6 Å². The number of carbonyl (C=O) groups excluding carboxylic acids is 1. The van der Waals surface area contributed by atoms with Gasteiger partial charge in [0.05, 0.1) is 4.90 Å². The first-order valence-corrected chi connectivity index (χ1v) is 10.2. The molecule has 2 aromatic rings. The van der Waals surface area contributed by atoms with Gasteiger partial charge in [0.2, 0.25) is 15.9 Å².